The SMILES string of the molecule is O=C(Nc1ccc(OCc2noc(C3CC3)n2)cc1)[C@H]1COCCO1. The Bertz CT molecular complexity index is 720. The van der Waals surface area contributed by atoms with Crippen molar-refractivity contribution in [1.29, 1.82) is 0 Å². The van der Waals surface area contributed by atoms with E-state index in [1.807, 2.05) is 0 Å². The van der Waals surface area contributed by atoms with Gasteiger partial charge in [0.05, 0.1) is 19.8 Å². The van der Waals surface area contributed by atoms with E-state index in [1.165, 1.54) is 0 Å². The number of ether oxygens (including phenoxy) is 3. The Balaban J connectivity index is 1.28. The zero-order chi connectivity index (χ0) is 17.1. The highest BCUT2D eigenvalue weighted by molar-refractivity contribution is 5.94. The van der Waals surface area contributed by atoms with Gasteiger partial charge in [0.25, 0.3) is 5.91 Å². The van der Waals surface area contributed by atoms with E-state index in [-0.39, 0.29) is 19.1 Å². The molecule has 1 saturated carbocycles. The summed E-state index contributed by atoms with van der Waals surface area (Å²) in [6.45, 7) is 1.48. The molecule has 1 amide bonds. The molecule has 1 N–H and O–H groups in total. The number of benzene rings is 1. The quantitative estimate of drug-likeness (QED) is 0.854. The zero-order valence-electron chi connectivity index (χ0n) is 13.6. The summed E-state index contributed by atoms with van der Waals surface area (Å²) in [5.74, 6) is 2.11. The smallest absolute Gasteiger partial charge is 0.255 e. The van der Waals surface area contributed by atoms with Gasteiger partial charge in [-0.05, 0) is 37.1 Å². The third-order valence-electron chi connectivity index (χ3n) is 4.01. The van der Waals surface area contributed by atoms with E-state index in [2.05, 4.69) is 15.5 Å². The van der Waals surface area contributed by atoms with Gasteiger partial charge < -0.3 is 24.1 Å². The minimum Gasteiger partial charge on any atom is -0.485 e. The lowest BCUT2D eigenvalue weighted by atomic mass is 10.2. The van der Waals surface area contributed by atoms with Crippen molar-refractivity contribution in [2.24, 2.45) is 0 Å². The van der Waals surface area contributed by atoms with Gasteiger partial charge in [-0.15, -0.1) is 0 Å². The summed E-state index contributed by atoms with van der Waals surface area (Å²) in [5.41, 5.74) is 0.669. The van der Waals surface area contributed by atoms with Crippen molar-refractivity contribution in [3.8, 4) is 5.75 Å². The van der Waals surface area contributed by atoms with Crippen LogP contribution >= 0.6 is 0 Å². The Labute approximate surface area is 144 Å². The van der Waals surface area contributed by atoms with Crippen LogP contribution < -0.4 is 10.1 Å². The van der Waals surface area contributed by atoms with Crippen molar-refractivity contribution in [3.63, 3.8) is 0 Å². The number of rotatable bonds is 6. The fraction of sp³-hybridized carbons (Fsp3) is 0.471. The second kappa shape index (κ2) is 7.20. The van der Waals surface area contributed by atoms with Crippen molar-refractivity contribution in [2.75, 3.05) is 25.1 Å². The molecule has 0 spiro atoms. The van der Waals surface area contributed by atoms with Gasteiger partial charge >= 0.3 is 0 Å². The number of hydrogen-bond donors (Lipinski definition) is 1. The molecule has 8 heteroatoms. The third-order valence-corrected chi connectivity index (χ3v) is 4.01. The van der Waals surface area contributed by atoms with Crippen LogP contribution in [0.25, 0.3) is 0 Å². The van der Waals surface area contributed by atoms with Gasteiger partial charge in [-0.25, -0.2) is 0 Å². The molecular formula is C17H19N3O5. The summed E-state index contributed by atoms with van der Waals surface area (Å²) in [4.78, 5) is 16.4. The maximum absolute atomic E-state index is 12.1. The molecule has 0 radical (unpaired) electrons. The topological polar surface area (TPSA) is 95.7 Å². The number of aromatic nitrogens is 2. The Kier molecular flexibility index (Phi) is 4.62. The number of nitrogens with zero attached hydrogens (tertiary/aromatic N) is 2. The number of carbonyl (C=O) groups is 1. The molecule has 0 unspecified atom stereocenters. The lowest BCUT2D eigenvalue weighted by molar-refractivity contribution is -0.142. The second-order valence-electron chi connectivity index (χ2n) is 6.06. The van der Waals surface area contributed by atoms with Gasteiger partial charge in [0.1, 0.15) is 5.75 Å². The number of amides is 1. The zero-order valence-corrected chi connectivity index (χ0v) is 13.6. The van der Waals surface area contributed by atoms with E-state index in [0.29, 0.717) is 42.3 Å². The van der Waals surface area contributed by atoms with Crippen molar-refractivity contribution in [3.05, 3.63) is 36.0 Å². The fourth-order valence-electron chi connectivity index (χ4n) is 2.47. The van der Waals surface area contributed by atoms with Crippen molar-refractivity contribution >= 4 is 11.6 Å². The number of anilines is 1. The standard InChI is InChI=1S/C17H19N3O5/c21-16(14-9-22-7-8-23-14)18-12-3-5-13(6-4-12)24-10-15-19-17(25-20-15)11-1-2-11/h3-6,11,14H,1-2,7-10H2,(H,18,21)/t14-/m1/s1. The first-order valence-electron chi connectivity index (χ1n) is 8.33. The van der Waals surface area contributed by atoms with Gasteiger partial charge in [-0.3, -0.25) is 4.79 Å². The van der Waals surface area contributed by atoms with Gasteiger partial charge in [0.15, 0.2) is 12.7 Å². The van der Waals surface area contributed by atoms with Gasteiger partial charge in [-0.1, -0.05) is 5.16 Å². The second-order valence-corrected chi connectivity index (χ2v) is 6.06. The molecule has 1 aromatic heterocycles. The van der Waals surface area contributed by atoms with Gasteiger partial charge in [0, 0.05) is 11.6 Å². The number of carbonyl (C=O) groups excluding carboxylic acids is 1. The van der Waals surface area contributed by atoms with Crippen LogP contribution in [-0.4, -0.2) is 42.0 Å². The average Bonchev–Trinajstić information content (AvgIpc) is 3.40. The molecule has 8 nitrogen and oxygen atoms in total. The monoisotopic (exact) mass is 345 g/mol. The largest absolute Gasteiger partial charge is 0.485 e. The number of nitrogens with one attached hydrogen (secondary N) is 1. The molecule has 1 atom stereocenters. The molecule has 1 saturated heterocycles. The Hall–Kier alpha value is -2.45. The van der Waals surface area contributed by atoms with Crippen LogP contribution in [0.3, 0.4) is 0 Å². The van der Waals surface area contributed by atoms with E-state index in [9.17, 15) is 4.79 Å². The van der Waals surface area contributed by atoms with Crippen molar-refractivity contribution in [1.82, 2.24) is 10.1 Å². The van der Waals surface area contributed by atoms with E-state index in [4.69, 9.17) is 18.7 Å². The summed E-state index contributed by atoms with van der Waals surface area (Å²) in [6.07, 6.45) is 1.67. The molecule has 2 fully saturated rings. The highest BCUT2D eigenvalue weighted by Crippen LogP contribution is 2.38. The van der Waals surface area contributed by atoms with Gasteiger partial charge in [-0.2, -0.15) is 4.98 Å². The van der Waals surface area contributed by atoms with E-state index in [0.717, 1.165) is 12.8 Å². The van der Waals surface area contributed by atoms with Crippen LogP contribution in [0.4, 0.5) is 5.69 Å². The van der Waals surface area contributed by atoms with Crippen LogP contribution in [0, 0.1) is 0 Å². The molecule has 2 aliphatic rings. The third kappa shape index (κ3) is 4.15. The predicted molar refractivity (Wildman–Crippen MR) is 86.2 cm³/mol. The first-order valence-corrected chi connectivity index (χ1v) is 8.33. The van der Waals surface area contributed by atoms with Crippen LogP contribution in [0.1, 0.15) is 30.5 Å². The van der Waals surface area contributed by atoms with Crippen molar-refractivity contribution < 1.29 is 23.5 Å². The fourth-order valence-corrected chi connectivity index (χ4v) is 2.47. The highest BCUT2D eigenvalue weighted by atomic mass is 16.6. The Morgan fingerprint density at radius 2 is 2.08 bits per heavy atom. The predicted octanol–water partition coefficient (Wildman–Crippen LogP) is 1.88. The summed E-state index contributed by atoms with van der Waals surface area (Å²) < 4.78 is 21.4. The van der Waals surface area contributed by atoms with E-state index >= 15 is 0 Å². The normalized spacial score (nSPS) is 20.2. The summed E-state index contributed by atoms with van der Waals surface area (Å²) >= 11 is 0. The van der Waals surface area contributed by atoms with Crippen LogP contribution in [-0.2, 0) is 20.9 Å². The summed E-state index contributed by atoms with van der Waals surface area (Å²) in [6, 6.07) is 7.08. The first-order chi connectivity index (χ1) is 12.3. The van der Waals surface area contributed by atoms with Crippen LogP contribution in [0.2, 0.25) is 0 Å². The molecule has 1 aliphatic heterocycles. The minimum atomic E-state index is -0.566. The average molecular weight is 345 g/mol. The molecule has 132 valence electrons. The molecule has 2 heterocycles. The van der Waals surface area contributed by atoms with E-state index < -0.39 is 6.10 Å². The molecule has 2 aromatic rings. The summed E-state index contributed by atoms with van der Waals surface area (Å²) in [5, 5.41) is 6.70. The van der Waals surface area contributed by atoms with Gasteiger partial charge in [0.2, 0.25) is 11.7 Å². The lowest BCUT2D eigenvalue weighted by Crippen LogP contribution is -2.39. The molecular weight excluding hydrogens is 326 g/mol. The molecule has 1 aromatic carbocycles. The first kappa shape index (κ1) is 16.0. The van der Waals surface area contributed by atoms with Crippen LogP contribution in [0.15, 0.2) is 28.8 Å². The Morgan fingerprint density at radius 1 is 1.24 bits per heavy atom. The number of hydrogen-bond acceptors (Lipinski definition) is 7. The van der Waals surface area contributed by atoms with Crippen LogP contribution in [0.5, 0.6) is 5.75 Å². The Morgan fingerprint density at radius 3 is 2.80 bits per heavy atom. The lowest BCUT2D eigenvalue weighted by Gasteiger charge is -2.22. The molecule has 0 bridgehead atoms. The van der Waals surface area contributed by atoms with E-state index in [1.54, 1.807) is 24.3 Å². The molecule has 25 heavy (non-hydrogen) atoms. The van der Waals surface area contributed by atoms with Crippen molar-refractivity contribution in [2.45, 2.75) is 31.5 Å². The maximum Gasteiger partial charge on any atom is 0.255 e. The molecule has 1 aliphatic carbocycles. The maximum atomic E-state index is 12.1. The highest BCUT2D eigenvalue weighted by Gasteiger charge is 2.29. The summed E-state index contributed by atoms with van der Waals surface area (Å²) in [7, 11) is 0. The molecule has 4 rings (SSSR count). The minimum absolute atomic E-state index is 0.215.